The van der Waals surface area contributed by atoms with Gasteiger partial charge >= 0.3 is 0 Å². The summed E-state index contributed by atoms with van der Waals surface area (Å²) in [5.74, 6) is 1.00. The number of H-pyrrole nitrogens is 1. The van der Waals surface area contributed by atoms with Crippen molar-refractivity contribution in [3.63, 3.8) is 0 Å². The van der Waals surface area contributed by atoms with Crippen molar-refractivity contribution >= 4 is 52.6 Å². The average Bonchev–Trinajstić information content (AvgIpc) is 3.13. The summed E-state index contributed by atoms with van der Waals surface area (Å²) >= 11 is 11.9. The quantitative estimate of drug-likeness (QED) is 0.427. The molecule has 30 heavy (non-hydrogen) atoms. The van der Waals surface area contributed by atoms with E-state index in [0.29, 0.717) is 52.5 Å². The number of nitrogens with one attached hydrogen (secondary N) is 2. The lowest BCUT2D eigenvalue weighted by Crippen LogP contribution is -2.18. The lowest BCUT2D eigenvalue weighted by atomic mass is 10.2. The average molecular weight is 468 g/mol. The molecule has 2 N–H and O–H groups in total. The second kappa shape index (κ2) is 9.80. The topological polar surface area (TPSA) is 97.7 Å². The van der Waals surface area contributed by atoms with Crippen LogP contribution in [0.4, 0.5) is 5.95 Å². The van der Waals surface area contributed by atoms with Gasteiger partial charge in [-0.1, -0.05) is 29.3 Å². The number of pyridine rings is 1. The van der Waals surface area contributed by atoms with Crippen molar-refractivity contribution in [3.05, 3.63) is 74.9 Å². The number of benzene rings is 1. The van der Waals surface area contributed by atoms with E-state index in [1.54, 1.807) is 41.5 Å². The minimum absolute atomic E-state index is 0. The van der Waals surface area contributed by atoms with Crippen LogP contribution in [-0.2, 0) is 13.1 Å². The van der Waals surface area contributed by atoms with E-state index >= 15 is 0 Å². The Balaban J connectivity index is 0.00000256. The highest BCUT2D eigenvalue weighted by molar-refractivity contribution is 6.42. The van der Waals surface area contributed by atoms with E-state index < -0.39 is 0 Å². The maximum absolute atomic E-state index is 12.5. The molecule has 0 aliphatic rings. The fourth-order valence-electron chi connectivity index (χ4n) is 2.78. The first kappa shape index (κ1) is 21.9. The van der Waals surface area contributed by atoms with Crippen molar-refractivity contribution in [2.24, 2.45) is 0 Å². The monoisotopic (exact) mass is 466 g/mol. The van der Waals surface area contributed by atoms with Gasteiger partial charge in [0.2, 0.25) is 5.95 Å². The number of rotatable bonds is 7. The van der Waals surface area contributed by atoms with Crippen molar-refractivity contribution in [1.29, 1.82) is 0 Å². The zero-order valence-electron chi connectivity index (χ0n) is 15.5. The van der Waals surface area contributed by atoms with Gasteiger partial charge in [-0.05, 0) is 29.8 Å². The van der Waals surface area contributed by atoms with E-state index in [9.17, 15) is 4.79 Å². The first-order valence-corrected chi connectivity index (χ1v) is 9.52. The number of hydrogen-bond donors (Lipinski definition) is 2. The minimum Gasteiger partial charge on any atom is -0.490 e. The van der Waals surface area contributed by atoms with E-state index in [1.165, 1.54) is 0 Å². The first-order chi connectivity index (χ1) is 14.1. The maximum Gasteiger partial charge on any atom is 0.278 e. The molecule has 0 atom stereocenters. The molecule has 0 radical (unpaired) electrons. The van der Waals surface area contributed by atoms with Crippen molar-refractivity contribution in [1.82, 2.24) is 24.7 Å². The van der Waals surface area contributed by atoms with Crippen molar-refractivity contribution in [2.45, 2.75) is 13.1 Å². The molecule has 4 aromatic rings. The number of anilines is 1. The molecule has 0 saturated heterocycles. The molecular weight excluding hydrogens is 451 g/mol. The van der Waals surface area contributed by atoms with Crippen LogP contribution >= 0.6 is 35.6 Å². The fourth-order valence-corrected chi connectivity index (χ4v) is 3.10. The van der Waals surface area contributed by atoms with Gasteiger partial charge in [-0.3, -0.25) is 19.4 Å². The second-order valence-corrected chi connectivity index (χ2v) is 6.97. The third-order valence-corrected chi connectivity index (χ3v) is 4.89. The molecule has 0 aliphatic carbocycles. The molecule has 0 fully saturated rings. The number of aromatic nitrogens is 5. The van der Waals surface area contributed by atoms with Crippen LogP contribution in [-0.4, -0.2) is 31.3 Å². The summed E-state index contributed by atoms with van der Waals surface area (Å²) in [5, 5.41) is 8.28. The number of ether oxygens (including phenoxy) is 1. The Hall–Kier alpha value is -2.81. The molecule has 8 nitrogen and oxygen atoms in total. The van der Waals surface area contributed by atoms with Crippen LogP contribution in [0.1, 0.15) is 5.56 Å². The normalized spacial score (nSPS) is 10.6. The van der Waals surface area contributed by atoms with Gasteiger partial charge < -0.3 is 10.1 Å². The summed E-state index contributed by atoms with van der Waals surface area (Å²) in [6.07, 6.45) is 4.85. The Morgan fingerprint density at radius 3 is 2.80 bits per heavy atom. The van der Waals surface area contributed by atoms with E-state index in [4.69, 9.17) is 27.9 Å². The number of halogens is 3. The predicted molar refractivity (Wildman–Crippen MR) is 119 cm³/mol. The number of fused-ring (bicyclic) bond motifs is 1. The van der Waals surface area contributed by atoms with Gasteiger partial charge in [-0.2, -0.15) is 5.10 Å². The molecule has 156 valence electrons. The van der Waals surface area contributed by atoms with Gasteiger partial charge in [0.15, 0.2) is 5.52 Å². The largest absolute Gasteiger partial charge is 0.490 e. The Bertz CT molecular complexity index is 1200. The molecule has 3 heterocycles. The van der Waals surface area contributed by atoms with Gasteiger partial charge in [0.1, 0.15) is 17.9 Å². The van der Waals surface area contributed by atoms with Crippen molar-refractivity contribution < 1.29 is 4.74 Å². The first-order valence-electron chi connectivity index (χ1n) is 8.76. The van der Waals surface area contributed by atoms with Crippen LogP contribution in [0.15, 0.2) is 53.7 Å². The summed E-state index contributed by atoms with van der Waals surface area (Å²) in [6.45, 7) is 1.18. The Labute approximate surface area is 187 Å². The summed E-state index contributed by atoms with van der Waals surface area (Å²) in [4.78, 5) is 23.7. The summed E-state index contributed by atoms with van der Waals surface area (Å²) in [5.41, 5.74) is 1.50. The molecule has 3 aromatic heterocycles. The summed E-state index contributed by atoms with van der Waals surface area (Å²) in [6, 6.07) is 8.93. The second-order valence-electron chi connectivity index (χ2n) is 6.16. The fraction of sp³-hybridized carbons (Fsp3) is 0.158. The highest BCUT2D eigenvalue weighted by Gasteiger charge is 2.11. The highest BCUT2D eigenvalue weighted by Crippen LogP contribution is 2.22. The van der Waals surface area contributed by atoms with E-state index in [1.807, 2.05) is 12.1 Å². The van der Waals surface area contributed by atoms with Gasteiger partial charge in [-0.15, -0.1) is 12.4 Å². The van der Waals surface area contributed by atoms with Crippen LogP contribution in [0.25, 0.3) is 11.0 Å². The summed E-state index contributed by atoms with van der Waals surface area (Å²) < 4.78 is 7.18. The van der Waals surface area contributed by atoms with Crippen LogP contribution in [0.3, 0.4) is 0 Å². The number of hydrogen-bond acceptors (Lipinski definition) is 6. The zero-order chi connectivity index (χ0) is 20.2. The van der Waals surface area contributed by atoms with E-state index in [2.05, 4.69) is 25.4 Å². The Kier molecular flexibility index (Phi) is 7.15. The van der Waals surface area contributed by atoms with Gasteiger partial charge in [-0.25, -0.2) is 4.98 Å². The molecule has 0 spiro atoms. The van der Waals surface area contributed by atoms with E-state index in [0.717, 1.165) is 5.56 Å². The molecular formula is C19H17Cl3N6O2. The Morgan fingerprint density at radius 1 is 1.17 bits per heavy atom. The van der Waals surface area contributed by atoms with Crippen molar-refractivity contribution in [3.8, 4) is 5.75 Å². The maximum atomic E-state index is 12.5. The molecule has 0 unspecified atom stereocenters. The predicted octanol–water partition coefficient (Wildman–Crippen LogP) is 3.93. The Morgan fingerprint density at radius 2 is 2.03 bits per heavy atom. The zero-order valence-corrected chi connectivity index (χ0v) is 17.8. The minimum atomic E-state index is -0.287. The molecule has 4 rings (SSSR count). The van der Waals surface area contributed by atoms with Crippen LogP contribution < -0.4 is 15.6 Å². The molecule has 0 bridgehead atoms. The third-order valence-electron chi connectivity index (χ3n) is 4.15. The third kappa shape index (κ3) is 5.02. The number of aromatic amines is 1. The molecule has 1 aromatic carbocycles. The smallest absolute Gasteiger partial charge is 0.278 e. The van der Waals surface area contributed by atoms with E-state index in [-0.39, 0.29) is 18.0 Å². The van der Waals surface area contributed by atoms with Crippen LogP contribution in [0, 0.1) is 0 Å². The standard InChI is InChI=1S/C19H16Cl2N6O2.ClH/c20-14-4-3-12(8-15(14)21)9-23-19-25-16-11-24-27(17(16)18(28)26-19)6-7-29-13-2-1-5-22-10-13;/h1-5,8,10-11H,6-7,9H2,(H2,23,25,26,28);1H. The molecule has 11 heteroatoms. The number of nitrogens with zero attached hydrogens (tertiary/aromatic N) is 4. The van der Waals surface area contributed by atoms with Crippen LogP contribution in [0.5, 0.6) is 5.75 Å². The highest BCUT2D eigenvalue weighted by atomic mass is 35.5. The van der Waals surface area contributed by atoms with Crippen molar-refractivity contribution in [2.75, 3.05) is 11.9 Å². The molecule has 0 amide bonds. The molecule has 0 aliphatic heterocycles. The summed E-state index contributed by atoms with van der Waals surface area (Å²) in [7, 11) is 0. The lowest BCUT2D eigenvalue weighted by molar-refractivity contribution is 0.292. The molecule has 0 saturated carbocycles. The van der Waals surface area contributed by atoms with Gasteiger partial charge in [0.25, 0.3) is 5.56 Å². The van der Waals surface area contributed by atoms with Crippen LogP contribution in [0.2, 0.25) is 10.0 Å². The van der Waals surface area contributed by atoms with Gasteiger partial charge in [0.05, 0.1) is 29.0 Å². The SMILES string of the molecule is Cl.O=c1[nH]c(NCc2ccc(Cl)c(Cl)c2)nc2cnn(CCOc3cccnc3)c12. The van der Waals surface area contributed by atoms with Gasteiger partial charge in [0, 0.05) is 12.7 Å². The lowest BCUT2D eigenvalue weighted by Gasteiger charge is -2.08.